The molecule has 0 N–H and O–H groups in total. The van der Waals surface area contributed by atoms with Crippen LogP contribution in [0.4, 0.5) is 0 Å². The van der Waals surface area contributed by atoms with Crippen molar-refractivity contribution in [3.05, 3.63) is 10.4 Å². The molecule has 4 fully saturated rings. The molecule has 4 heterocycles. The van der Waals surface area contributed by atoms with Crippen LogP contribution in [0.1, 0.15) is 119 Å². The van der Waals surface area contributed by atoms with E-state index in [9.17, 15) is 9.59 Å². The molecular weight excluding hydrogens is 550 g/mol. The van der Waals surface area contributed by atoms with E-state index in [4.69, 9.17) is 29.2 Å². The highest BCUT2D eigenvalue weighted by molar-refractivity contribution is 5.73. The van der Waals surface area contributed by atoms with Crippen molar-refractivity contribution in [1.82, 2.24) is 0 Å². The van der Waals surface area contributed by atoms with Gasteiger partial charge in [0.25, 0.3) is 0 Å². The lowest BCUT2D eigenvalue weighted by Crippen LogP contribution is -2.44. The van der Waals surface area contributed by atoms with Crippen LogP contribution >= 0.6 is 0 Å². The van der Waals surface area contributed by atoms with Crippen molar-refractivity contribution in [2.45, 2.75) is 173 Å². The van der Waals surface area contributed by atoms with E-state index in [1.807, 2.05) is 13.8 Å². The van der Waals surface area contributed by atoms with Crippen LogP contribution in [0, 0.1) is 23.7 Å². The average molecular weight is 606 g/mol. The second-order valence-corrected chi connectivity index (χ2v) is 13.7. The summed E-state index contributed by atoms with van der Waals surface area (Å²) in [5, 5.41) is 3.99. The fourth-order valence-electron chi connectivity index (χ4n) is 7.72. The number of carbonyl (C=O) groups is 2. The van der Waals surface area contributed by atoms with Crippen LogP contribution in [-0.2, 0) is 33.3 Å². The maximum Gasteiger partial charge on any atom is 0.311 e. The Morgan fingerprint density at radius 2 is 1.51 bits per heavy atom. The Labute approximate surface area is 257 Å². The molecule has 0 radical (unpaired) electrons. The first kappa shape index (κ1) is 34.0. The smallest absolute Gasteiger partial charge is 0.311 e. The van der Waals surface area contributed by atoms with Crippen molar-refractivity contribution < 1.29 is 33.3 Å². The standard InChI is InChI=1S/C33H55N3O7/c1-7-9-23(35-36-34)17-25-11-13-27(39-25)19(3)31-20(4)28-15-16-30(42-28)22(6)32(37)41-24(10-8-2)18-26-12-14-29(40-26)21(5)33(38)43-31/h19-31H,7-18H2,1-6H3/t19-,20-,21+,22-,23-,24+,25+,26+,27-,28+,29-,30-,31+/m1/s1. The van der Waals surface area contributed by atoms with E-state index in [1.165, 1.54) is 0 Å². The molecule has 0 aliphatic carbocycles. The molecule has 13 atom stereocenters. The van der Waals surface area contributed by atoms with E-state index in [0.29, 0.717) is 12.8 Å². The Morgan fingerprint density at radius 3 is 2.21 bits per heavy atom. The van der Waals surface area contributed by atoms with Crippen molar-refractivity contribution in [3.8, 4) is 0 Å². The predicted octanol–water partition coefficient (Wildman–Crippen LogP) is 7.07. The Balaban J connectivity index is 1.52. The molecule has 4 saturated heterocycles. The maximum atomic E-state index is 13.7. The summed E-state index contributed by atoms with van der Waals surface area (Å²) in [6, 6.07) is -0.0701. The van der Waals surface area contributed by atoms with Gasteiger partial charge in [-0.05, 0) is 77.2 Å². The monoisotopic (exact) mass is 605 g/mol. The second kappa shape index (κ2) is 15.9. The molecule has 4 rings (SSSR count). The fraction of sp³-hybridized carbons (Fsp3) is 0.939. The van der Waals surface area contributed by atoms with Crippen molar-refractivity contribution in [1.29, 1.82) is 0 Å². The van der Waals surface area contributed by atoms with Crippen LogP contribution in [0.3, 0.4) is 0 Å². The largest absolute Gasteiger partial charge is 0.462 e. The Kier molecular flexibility index (Phi) is 12.6. The maximum absolute atomic E-state index is 13.7. The lowest BCUT2D eigenvalue weighted by atomic mass is 9.84. The first-order valence-electron chi connectivity index (χ1n) is 17.1. The van der Waals surface area contributed by atoms with Crippen LogP contribution in [0.5, 0.6) is 0 Å². The molecule has 4 bridgehead atoms. The summed E-state index contributed by atoms with van der Waals surface area (Å²) in [4.78, 5) is 30.0. The molecule has 10 heteroatoms. The van der Waals surface area contributed by atoms with E-state index in [-0.39, 0.29) is 78.5 Å². The normalized spacial score (nSPS) is 40.4. The molecule has 0 spiro atoms. The number of azide groups is 1. The van der Waals surface area contributed by atoms with Gasteiger partial charge in [0, 0.05) is 29.2 Å². The van der Waals surface area contributed by atoms with Gasteiger partial charge in [-0.25, -0.2) is 0 Å². The number of nitrogens with zero attached hydrogens (tertiary/aromatic N) is 3. The molecule has 0 saturated carbocycles. The van der Waals surface area contributed by atoms with Crippen LogP contribution in [0.2, 0.25) is 0 Å². The van der Waals surface area contributed by atoms with Gasteiger partial charge in [0.15, 0.2) is 0 Å². The highest BCUT2D eigenvalue weighted by atomic mass is 16.6. The van der Waals surface area contributed by atoms with Gasteiger partial charge >= 0.3 is 11.9 Å². The second-order valence-electron chi connectivity index (χ2n) is 13.7. The summed E-state index contributed by atoms with van der Waals surface area (Å²) in [6.07, 6.45) is 8.51. The van der Waals surface area contributed by atoms with Gasteiger partial charge in [-0.1, -0.05) is 45.7 Å². The topological polar surface area (TPSA) is 129 Å². The van der Waals surface area contributed by atoms with Gasteiger partial charge in [-0.15, -0.1) is 0 Å². The number of hydrogen-bond acceptors (Lipinski definition) is 8. The zero-order valence-electron chi connectivity index (χ0n) is 27.2. The van der Waals surface area contributed by atoms with Crippen molar-refractivity contribution in [2.24, 2.45) is 28.8 Å². The highest BCUT2D eigenvalue weighted by Gasteiger charge is 2.46. The van der Waals surface area contributed by atoms with E-state index < -0.39 is 12.0 Å². The van der Waals surface area contributed by atoms with Gasteiger partial charge in [-0.2, -0.15) is 0 Å². The molecule has 4 aliphatic heterocycles. The third kappa shape index (κ3) is 8.65. The molecule has 0 aromatic carbocycles. The van der Waals surface area contributed by atoms with Gasteiger partial charge in [0.1, 0.15) is 12.2 Å². The Morgan fingerprint density at radius 1 is 0.837 bits per heavy atom. The van der Waals surface area contributed by atoms with E-state index in [0.717, 1.165) is 64.2 Å². The number of hydrogen-bond donors (Lipinski definition) is 0. The molecule has 4 aliphatic rings. The zero-order chi connectivity index (χ0) is 31.1. The van der Waals surface area contributed by atoms with Gasteiger partial charge < -0.3 is 23.7 Å². The van der Waals surface area contributed by atoms with E-state index in [2.05, 4.69) is 37.7 Å². The minimum absolute atomic E-state index is 0.0185. The molecule has 244 valence electrons. The van der Waals surface area contributed by atoms with Crippen molar-refractivity contribution in [3.63, 3.8) is 0 Å². The summed E-state index contributed by atoms with van der Waals surface area (Å²) in [5.74, 6) is -1.35. The molecule has 10 nitrogen and oxygen atoms in total. The van der Waals surface area contributed by atoms with E-state index >= 15 is 0 Å². The van der Waals surface area contributed by atoms with Crippen molar-refractivity contribution in [2.75, 3.05) is 0 Å². The Hall–Kier alpha value is -1.87. The lowest BCUT2D eigenvalue weighted by Gasteiger charge is -2.36. The third-order valence-electron chi connectivity index (χ3n) is 10.5. The first-order valence-corrected chi connectivity index (χ1v) is 17.1. The molecule has 0 amide bonds. The number of rotatable bonds is 9. The molecule has 43 heavy (non-hydrogen) atoms. The summed E-state index contributed by atoms with van der Waals surface area (Å²) in [6.45, 7) is 12.2. The van der Waals surface area contributed by atoms with Crippen LogP contribution in [0.25, 0.3) is 10.4 Å². The summed E-state index contributed by atoms with van der Waals surface area (Å²) in [5.41, 5.74) is 8.99. The summed E-state index contributed by atoms with van der Waals surface area (Å²) in [7, 11) is 0. The van der Waals surface area contributed by atoms with Crippen LogP contribution < -0.4 is 0 Å². The molecule has 0 aromatic rings. The Bertz CT molecular complexity index is 974. The summed E-state index contributed by atoms with van der Waals surface area (Å²) < 4.78 is 31.9. The van der Waals surface area contributed by atoms with Gasteiger partial charge in [0.05, 0.1) is 48.5 Å². The fourth-order valence-corrected chi connectivity index (χ4v) is 7.72. The average Bonchev–Trinajstić information content (AvgIpc) is 3.76. The van der Waals surface area contributed by atoms with Crippen LogP contribution in [0.15, 0.2) is 5.11 Å². The van der Waals surface area contributed by atoms with Crippen molar-refractivity contribution >= 4 is 11.9 Å². The number of esters is 2. The first-order chi connectivity index (χ1) is 20.6. The third-order valence-corrected chi connectivity index (χ3v) is 10.5. The number of fused-ring (bicyclic) bond motifs is 4. The molecule has 0 aromatic heterocycles. The molecular formula is C33H55N3O7. The number of ether oxygens (including phenoxy) is 5. The number of carbonyl (C=O) groups excluding carboxylic acids is 2. The van der Waals surface area contributed by atoms with Gasteiger partial charge in [0.2, 0.25) is 0 Å². The minimum Gasteiger partial charge on any atom is -0.462 e. The zero-order valence-corrected chi connectivity index (χ0v) is 27.2. The lowest BCUT2D eigenvalue weighted by molar-refractivity contribution is -0.175. The van der Waals surface area contributed by atoms with Gasteiger partial charge in [-0.3, -0.25) is 9.59 Å². The quantitative estimate of drug-likeness (QED) is 0.119. The van der Waals surface area contributed by atoms with Crippen LogP contribution in [-0.4, -0.2) is 66.8 Å². The van der Waals surface area contributed by atoms with E-state index in [1.54, 1.807) is 0 Å². The summed E-state index contributed by atoms with van der Waals surface area (Å²) >= 11 is 0. The highest BCUT2D eigenvalue weighted by Crippen LogP contribution is 2.39. The minimum atomic E-state index is -0.410. The predicted molar refractivity (Wildman–Crippen MR) is 162 cm³/mol. The molecule has 0 unspecified atom stereocenters. The SMILES string of the molecule is CCC[C@H](C[C@@H]1CC[C@H]([C@@H](C)[C@@H]2OC(=O)[C@@H](C)[C@H]3CC[C@@H](C[C@H](CCC)OC(=O)[C@H](C)[C@H]4CC[C@H](O4)[C@H]2C)O3)O1)N=[N+]=[N-]. The number of cyclic esters (lactones) is 2.